The third kappa shape index (κ3) is 4.10. The van der Waals surface area contributed by atoms with Gasteiger partial charge in [0.25, 0.3) is 0 Å². The number of rotatable bonds is 7. The lowest BCUT2D eigenvalue weighted by Gasteiger charge is -2.00. The maximum Gasteiger partial charge on any atom is 0.303 e. The first-order chi connectivity index (χ1) is 8.74. The van der Waals surface area contributed by atoms with E-state index in [0.717, 1.165) is 38.3 Å². The van der Waals surface area contributed by atoms with Crippen molar-refractivity contribution in [2.75, 3.05) is 13.2 Å². The Hall–Kier alpha value is -1.43. The fraction of sp³-hybridized carbons (Fsp3) is 0.750. The zero-order valence-electron chi connectivity index (χ0n) is 10.3. The molecule has 1 unspecified atom stereocenters. The second kappa shape index (κ2) is 6.49. The van der Waals surface area contributed by atoms with Gasteiger partial charge < -0.3 is 14.4 Å². The molecule has 0 amide bonds. The SMILES string of the molecule is O=C(O)CCCCc1nc(CC2CCOC2)no1. The van der Waals surface area contributed by atoms with E-state index in [1.165, 1.54) is 0 Å². The Kier molecular flexibility index (Phi) is 4.69. The number of ether oxygens (including phenoxy) is 1. The molecule has 18 heavy (non-hydrogen) atoms. The number of hydrogen-bond acceptors (Lipinski definition) is 5. The standard InChI is InChI=1S/C12H18N2O4/c15-12(16)4-2-1-3-11-13-10(14-18-11)7-9-5-6-17-8-9/h9H,1-8H2,(H,15,16). The molecule has 1 aliphatic rings. The Bertz CT molecular complexity index is 385. The Morgan fingerprint density at radius 2 is 2.33 bits per heavy atom. The number of aromatic nitrogens is 2. The smallest absolute Gasteiger partial charge is 0.303 e. The summed E-state index contributed by atoms with van der Waals surface area (Å²) in [5, 5.41) is 12.4. The monoisotopic (exact) mass is 254 g/mol. The molecular weight excluding hydrogens is 236 g/mol. The van der Waals surface area contributed by atoms with Crippen LogP contribution in [-0.2, 0) is 22.4 Å². The maximum atomic E-state index is 10.3. The van der Waals surface area contributed by atoms with E-state index in [4.69, 9.17) is 14.4 Å². The molecule has 1 fully saturated rings. The van der Waals surface area contributed by atoms with Crippen LogP contribution in [0.1, 0.15) is 37.4 Å². The topological polar surface area (TPSA) is 85.5 Å². The fourth-order valence-corrected chi connectivity index (χ4v) is 2.03. The number of carboxylic acids is 1. The van der Waals surface area contributed by atoms with Gasteiger partial charge in [-0.25, -0.2) is 0 Å². The molecule has 1 aliphatic heterocycles. The van der Waals surface area contributed by atoms with E-state index in [0.29, 0.717) is 24.7 Å². The summed E-state index contributed by atoms with van der Waals surface area (Å²) < 4.78 is 10.4. The number of carboxylic acid groups (broad SMARTS) is 1. The lowest BCUT2D eigenvalue weighted by molar-refractivity contribution is -0.137. The molecule has 0 aromatic carbocycles. The summed E-state index contributed by atoms with van der Waals surface area (Å²) in [7, 11) is 0. The zero-order chi connectivity index (χ0) is 12.8. The molecule has 1 saturated heterocycles. The van der Waals surface area contributed by atoms with Crippen molar-refractivity contribution in [2.45, 2.75) is 38.5 Å². The molecule has 2 heterocycles. The zero-order valence-corrected chi connectivity index (χ0v) is 10.3. The largest absolute Gasteiger partial charge is 0.481 e. The van der Waals surface area contributed by atoms with Crippen LogP contribution in [0.4, 0.5) is 0 Å². The summed E-state index contributed by atoms with van der Waals surface area (Å²) >= 11 is 0. The van der Waals surface area contributed by atoms with Crippen LogP contribution in [-0.4, -0.2) is 34.4 Å². The molecule has 0 saturated carbocycles. The van der Waals surface area contributed by atoms with Gasteiger partial charge in [-0.05, 0) is 25.2 Å². The molecule has 6 nitrogen and oxygen atoms in total. The minimum absolute atomic E-state index is 0.195. The molecule has 100 valence electrons. The molecule has 1 aromatic heterocycles. The summed E-state index contributed by atoms with van der Waals surface area (Å²) in [5.41, 5.74) is 0. The van der Waals surface area contributed by atoms with Gasteiger partial charge in [-0.1, -0.05) is 5.16 Å². The Morgan fingerprint density at radius 1 is 1.44 bits per heavy atom. The van der Waals surface area contributed by atoms with Crippen molar-refractivity contribution >= 4 is 5.97 Å². The highest BCUT2D eigenvalue weighted by molar-refractivity contribution is 5.66. The van der Waals surface area contributed by atoms with Crippen molar-refractivity contribution in [1.29, 1.82) is 0 Å². The molecule has 1 N–H and O–H groups in total. The number of nitrogens with zero attached hydrogens (tertiary/aromatic N) is 2. The lowest BCUT2D eigenvalue weighted by atomic mass is 10.1. The number of aliphatic carboxylic acids is 1. The highest BCUT2D eigenvalue weighted by atomic mass is 16.5. The highest BCUT2D eigenvalue weighted by Crippen LogP contribution is 2.17. The van der Waals surface area contributed by atoms with Crippen LogP contribution in [0, 0.1) is 5.92 Å². The van der Waals surface area contributed by atoms with Crippen LogP contribution in [0.3, 0.4) is 0 Å². The highest BCUT2D eigenvalue weighted by Gasteiger charge is 2.18. The summed E-state index contributed by atoms with van der Waals surface area (Å²) in [4.78, 5) is 14.7. The number of unbranched alkanes of at least 4 members (excludes halogenated alkanes) is 1. The molecule has 0 bridgehead atoms. The first kappa shape index (κ1) is 13.0. The minimum atomic E-state index is -0.762. The van der Waals surface area contributed by atoms with Crippen molar-refractivity contribution < 1.29 is 19.2 Å². The predicted molar refractivity (Wildman–Crippen MR) is 62.1 cm³/mol. The third-order valence-electron chi connectivity index (χ3n) is 3.04. The molecule has 0 radical (unpaired) electrons. The van der Waals surface area contributed by atoms with E-state index in [2.05, 4.69) is 10.1 Å². The first-order valence-electron chi connectivity index (χ1n) is 6.35. The predicted octanol–water partition coefficient (Wildman–Crippen LogP) is 1.45. The number of hydrogen-bond donors (Lipinski definition) is 1. The van der Waals surface area contributed by atoms with Crippen LogP contribution < -0.4 is 0 Å². The lowest BCUT2D eigenvalue weighted by Crippen LogP contribution is -2.05. The number of carbonyl (C=O) groups is 1. The van der Waals surface area contributed by atoms with Gasteiger partial charge >= 0.3 is 5.97 Å². The third-order valence-corrected chi connectivity index (χ3v) is 3.04. The van der Waals surface area contributed by atoms with Crippen molar-refractivity contribution in [3.63, 3.8) is 0 Å². The molecule has 2 rings (SSSR count). The van der Waals surface area contributed by atoms with Crippen LogP contribution in [0.25, 0.3) is 0 Å². The van der Waals surface area contributed by atoms with Crippen LogP contribution in [0.5, 0.6) is 0 Å². The molecule has 0 aliphatic carbocycles. The summed E-state index contributed by atoms with van der Waals surface area (Å²) in [6, 6.07) is 0. The van der Waals surface area contributed by atoms with Gasteiger partial charge in [0.15, 0.2) is 5.82 Å². The van der Waals surface area contributed by atoms with Crippen molar-refractivity contribution in [1.82, 2.24) is 10.1 Å². The van der Waals surface area contributed by atoms with Gasteiger partial charge in [0.2, 0.25) is 5.89 Å². The molecular formula is C12H18N2O4. The van der Waals surface area contributed by atoms with Gasteiger partial charge in [0.1, 0.15) is 0 Å². The Balaban J connectivity index is 1.70. The molecule has 1 aromatic rings. The number of aryl methyl sites for hydroxylation is 1. The average Bonchev–Trinajstić information content (AvgIpc) is 2.97. The van der Waals surface area contributed by atoms with E-state index >= 15 is 0 Å². The minimum Gasteiger partial charge on any atom is -0.481 e. The van der Waals surface area contributed by atoms with Crippen LogP contribution in [0.2, 0.25) is 0 Å². The van der Waals surface area contributed by atoms with E-state index < -0.39 is 5.97 Å². The van der Waals surface area contributed by atoms with Gasteiger partial charge in [-0.3, -0.25) is 4.79 Å². The van der Waals surface area contributed by atoms with E-state index in [1.807, 2.05) is 0 Å². The van der Waals surface area contributed by atoms with Gasteiger partial charge in [-0.15, -0.1) is 0 Å². The van der Waals surface area contributed by atoms with Crippen LogP contribution in [0.15, 0.2) is 4.52 Å². The summed E-state index contributed by atoms with van der Waals surface area (Å²) in [5.74, 6) is 1.08. The summed E-state index contributed by atoms with van der Waals surface area (Å²) in [6.45, 7) is 1.60. The fourth-order valence-electron chi connectivity index (χ4n) is 2.03. The average molecular weight is 254 g/mol. The quantitative estimate of drug-likeness (QED) is 0.741. The second-order valence-electron chi connectivity index (χ2n) is 4.64. The molecule has 0 spiro atoms. The molecule has 6 heteroatoms. The molecule has 1 atom stereocenters. The Labute approximate surface area is 105 Å². The van der Waals surface area contributed by atoms with Gasteiger partial charge in [0, 0.05) is 32.5 Å². The second-order valence-corrected chi connectivity index (χ2v) is 4.64. The van der Waals surface area contributed by atoms with Crippen molar-refractivity contribution in [2.24, 2.45) is 5.92 Å². The summed E-state index contributed by atoms with van der Waals surface area (Å²) in [6.07, 6.45) is 4.12. The van der Waals surface area contributed by atoms with Crippen molar-refractivity contribution in [3.8, 4) is 0 Å². The van der Waals surface area contributed by atoms with Crippen molar-refractivity contribution in [3.05, 3.63) is 11.7 Å². The van der Waals surface area contributed by atoms with Gasteiger partial charge in [0.05, 0.1) is 0 Å². The Morgan fingerprint density at radius 3 is 3.06 bits per heavy atom. The maximum absolute atomic E-state index is 10.3. The van der Waals surface area contributed by atoms with E-state index in [1.54, 1.807) is 0 Å². The van der Waals surface area contributed by atoms with E-state index in [-0.39, 0.29) is 6.42 Å². The first-order valence-corrected chi connectivity index (χ1v) is 6.35. The normalized spacial score (nSPS) is 19.2. The van der Waals surface area contributed by atoms with Gasteiger partial charge in [-0.2, -0.15) is 4.98 Å². The van der Waals surface area contributed by atoms with Crippen LogP contribution >= 0.6 is 0 Å². The van der Waals surface area contributed by atoms with E-state index in [9.17, 15) is 4.79 Å².